The zero-order chi connectivity index (χ0) is 11.5. The first-order valence-corrected chi connectivity index (χ1v) is 5.23. The molecule has 0 amide bonds. The Morgan fingerprint density at radius 3 is 2.75 bits per heavy atom. The number of benzene rings is 1. The Kier molecular flexibility index (Phi) is 2.92. The molecule has 84 valence electrons. The predicted molar refractivity (Wildman–Crippen MR) is 63.1 cm³/mol. The van der Waals surface area contributed by atoms with Crippen LogP contribution in [0.5, 0.6) is 5.75 Å². The minimum absolute atomic E-state index is 0.272. The Bertz CT molecular complexity index is 491. The van der Waals surface area contributed by atoms with Crippen LogP contribution in [-0.2, 0) is 13.5 Å². The number of phenols is 1. The molecule has 3 N–H and O–H groups in total. The fraction of sp³-hybridized carbons (Fsp3) is 0.250. The molecule has 0 saturated carbocycles. The summed E-state index contributed by atoms with van der Waals surface area (Å²) in [5, 5.41) is 14.0. The second-order valence-corrected chi connectivity index (χ2v) is 3.68. The monoisotopic (exact) mass is 217 g/mol. The van der Waals surface area contributed by atoms with Crippen molar-refractivity contribution < 1.29 is 5.11 Å². The minimum Gasteiger partial charge on any atom is -0.507 e. The lowest BCUT2D eigenvalue weighted by molar-refractivity contribution is 0.477. The third-order valence-electron chi connectivity index (χ3n) is 2.64. The highest BCUT2D eigenvalue weighted by Crippen LogP contribution is 2.30. The van der Waals surface area contributed by atoms with E-state index < -0.39 is 0 Å². The molecule has 0 unspecified atom stereocenters. The summed E-state index contributed by atoms with van der Waals surface area (Å²) in [6, 6.07) is 7.26. The van der Waals surface area contributed by atoms with Crippen molar-refractivity contribution in [3.8, 4) is 16.9 Å². The second kappa shape index (κ2) is 4.37. The van der Waals surface area contributed by atoms with Crippen molar-refractivity contribution in [2.24, 2.45) is 12.8 Å². The fourth-order valence-corrected chi connectivity index (χ4v) is 1.82. The number of hydrogen-bond donors (Lipinski definition) is 2. The molecule has 16 heavy (non-hydrogen) atoms. The smallest absolute Gasteiger partial charge is 0.123 e. The van der Waals surface area contributed by atoms with E-state index in [0.717, 1.165) is 23.2 Å². The summed E-state index contributed by atoms with van der Waals surface area (Å²) < 4.78 is 1.80. The maximum atomic E-state index is 9.80. The SMILES string of the molecule is Cn1ncc(-c2ccccc2O)c1CCN. The Morgan fingerprint density at radius 2 is 2.06 bits per heavy atom. The molecule has 1 aromatic carbocycles. The molecule has 2 rings (SSSR count). The summed E-state index contributed by atoms with van der Waals surface area (Å²) in [5.74, 6) is 0.272. The Hall–Kier alpha value is -1.81. The van der Waals surface area contributed by atoms with Gasteiger partial charge in [0.1, 0.15) is 5.75 Å². The van der Waals surface area contributed by atoms with Gasteiger partial charge >= 0.3 is 0 Å². The Morgan fingerprint density at radius 1 is 1.31 bits per heavy atom. The number of rotatable bonds is 3. The summed E-state index contributed by atoms with van der Waals surface area (Å²) in [5.41, 5.74) is 8.37. The molecule has 2 aromatic rings. The number of nitrogens with zero attached hydrogens (tertiary/aromatic N) is 2. The first kappa shape index (κ1) is 10.7. The number of phenolic OH excluding ortho intramolecular Hbond substituents is 1. The molecule has 0 radical (unpaired) electrons. The highest BCUT2D eigenvalue weighted by atomic mass is 16.3. The van der Waals surface area contributed by atoms with E-state index in [1.807, 2.05) is 19.2 Å². The van der Waals surface area contributed by atoms with Crippen LogP contribution >= 0.6 is 0 Å². The first-order chi connectivity index (χ1) is 7.74. The molecule has 0 bridgehead atoms. The zero-order valence-electron chi connectivity index (χ0n) is 9.22. The Balaban J connectivity index is 2.52. The van der Waals surface area contributed by atoms with Crippen LogP contribution < -0.4 is 5.73 Å². The number of aryl methyl sites for hydroxylation is 1. The molecule has 0 atom stereocenters. The zero-order valence-corrected chi connectivity index (χ0v) is 9.22. The van der Waals surface area contributed by atoms with Crippen molar-refractivity contribution in [1.82, 2.24) is 9.78 Å². The van der Waals surface area contributed by atoms with Crippen LogP contribution in [-0.4, -0.2) is 21.4 Å². The topological polar surface area (TPSA) is 64.1 Å². The fourth-order valence-electron chi connectivity index (χ4n) is 1.82. The summed E-state index contributed by atoms with van der Waals surface area (Å²) in [6.45, 7) is 0.570. The average molecular weight is 217 g/mol. The highest BCUT2D eigenvalue weighted by Gasteiger charge is 2.12. The third kappa shape index (κ3) is 1.79. The normalized spacial score (nSPS) is 10.6. The quantitative estimate of drug-likeness (QED) is 0.814. The lowest BCUT2D eigenvalue weighted by atomic mass is 10.0. The number of para-hydroxylation sites is 1. The lowest BCUT2D eigenvalue weighted by Crippen LogP contribution is -2.08. The van der Waals surface area contributed by atoms with E-state index in [1.54, 1.807) is 23.0 Å². The van der Waals surface area contributed by atoms with Crippen molar-refractivity contribution >= 4 is 0 Å². The van der Waals surface area contributed by atoms with E-state index in [-0.39, 0.29) is 5.75 Å². The number of aromatic nitrogens is 2. The number of hydrogen-bond acceptors (Lipinski definition) is 3. The van der Waals surface area contributed by atoms with E-state index in [9.17, 15) is 5.11 Å². The van der Waals surface area contributed by atoms with Crippen LogP contribution in [0.4, 0.5) is 0 Å². The summed E-state index contributed by atoms with van der Waals surface area (Å²) in [7, 11) is 1.88. The van der Waals surface area contributed by atoms with Crippen molar-refractivity contribution in [2.75, 3.05) is 6.54 Å². The molecule has 0 aliphatic rings. The molecular weight excluding hydrogens is 202 g/mol. The molecule has 0 aliphatic carbocycles. The molecule has 0 saturated heterocycles. The third-order valence-corrected chi connectivity index (χ3v) is 2.64. The van der Waals surface area contributed by atoms with Crippen LogP contribution in [0.1, 0.15) is 5.69 Å². The molecule has 0 fully saturated rings. The molecule has 0 aliphatic heterocycles. The molecule has 1 aromatic heterocycles. The largest absolute Gasteiger partial charge is 0.507 e. The maximum Gasteiger partial charge on any atom is 0.123 e. The highest BCUT2D eigenvalue weighted by molar-refractivity contribution is 5.71. The summed E-state index contributed by atoms with van der Waals surface area (Å²) in [6.07, 6.45) is 2.51. The van der Waals surface area contributed by atoms with Crippen LogP contribution in [0.15, 0.2) is 30.5 Å². The van der Waals surface area contributed by atoms with Crippen LogP contribution in [0.25, 0.3) is 11.1 Å². The van der Waals surface area contributed by atoms with E-state index in [4.69, 9.17) is 5.73 Å². The number of aromatic hydroxyl groups is 1. The van der Waals surface area contributed by atoms with Crippen LogP contribution in [0.2, 0.25) is 0 Å². The van der Waals surface area contributed by atoms with Crippen LogP contribution in [0.3, 0.4) is 0 Å². The van der Waals surface area contributed by atoms with Gasteiger partial charge in [-0.05, 0) is 12.6 Å². The predicted octanol–water partition coefficient (Wildman–Crippen LogP) is 1.29. The van der Waals surface area contributed by atoms with Gasteiger partial charge in [0, 0.05) is 30.3 Å². The van der Waals surface area contributed by atoms with Gasteiger partial charge in [0.2, 0.25) is 0 Å². The van der Waals surface area contributed by atoms with Gasteiger partial charge in [0.15, 0.2) is 0 Å². The number of nitrogens with two attached hydrogens (primary N) is 1. The van der Waals surface area contributed by atoms with E-state index in [1.165, 1.54) is 0 Å². The van der Waals surface area contributed by atoms with Crippen molar-refractivity contribution in [3.63, 3.8) is 0 Å². The average Bonchev–Trinajstić information content (AvgIpc) is 2.62. The molecule has 4 heteroatoms. The summed E-state index contributed by atoms with van der Waals surface area (Å²) >= 11 is 0. The summed E-state index contributed by atoms with van der Waals surface area (Å²) in [4.78, 5) is 0. The van der Waals surface area contributed by atoms with Crippen molar-refractivity contribution in [1.29, 1.82) is 0 Å². The Labute approximate surface area is 94.3 Å². The standard InChI is InChI=1S/C12H15N3O/c1-15-11(6-7-13)10(8-14-15)9-4-2-3-5-12(9)16/h2-5,8,16H,6-7,13H2,1H3. The van der Waals surface area contributed by atoms with Gasteiger partial charge in [-0.15, -0.1) is 0 Å². The first-order valence-electron chi connectivity index (χ1n) is 5.23. The second-order valence-electron chi connectivity index (χ2n) is 3.68. The van der Waals surface area contributed by atoms with Gasteiger partial charge in [-0.25, -0.2) is 0 Å². The molecule has 4 nitrogen and oxygen atoms in total. The van der Waals surface area contributed by atoms with Gasteiger partial charge < -0.3 is 10.8 Å². The van der Waals surface area contributed by atoms with E-state index >= 15 is 0 Å². The maximum absolute atomic E-state index is 9.80. The van der Waals surface area contributed by atoms with E-state index in [2.05, 4.69) is 5.10 Å². The lowest BCUT2D eigenvalue weighted by Gasteiger charge is -2.06. The van der Waals surface area contributed by atoms with Crippen molar-refractivity contribution in [2.45, 2.75) is 6.42 Å². The van der Waals surface area contributed by atoms with Crippen molar-refractivity contribution in [3.05, 3.63) is 36.2 Å². The molecular formula is C12H15N3O. The van der Waals surface area contributed by atoms with Crippen LogP contribution in [0, 0.1) is 0 Å². The van der Waals surface area contributed by atoms with Gasteiger partial charge in [-0.3, -0.25) is 4.68 Å². The van der Waals surface area contributed by atoms with Gasteiger partial charge in [-0.2, -0.15) is 5.10 Å². The van der Waals surface area contributed by atoms with Gasteiger partial charge in [0.05, 0.1) is 6.20 Å². The van der Waals surface area contributed by atoms with Gasteiger partial charge in [0.25, 0.3) is 0 Å². The molecule has 1 heterocycles. The minimum atomic E-state index is 0.272. The van der Waals surface area contributed by atoms with E-state index in [0.29, 0.717) is 6.54 Å². The molecule has 0 spiro atoms. The van der Waals surface area contributed by atoms with Gasteiger partial charge in [-0.1, -0.05) is 18.2 Å².